The summed E-state index contributed by atoms with van der Waals surface area (Å²) in [6, 6.07) is 10.8. The number of benzene rings is 1. The Morgan fingerprint density at radius 2 is 1.89 bits per heavy atom. The molecule has 7 nitrogen and oxygen atoms in total. The van der Waals surface area contributed by atoms with Gasteiger partial charge in [0.1, 0.15) is 22.2 Å². The van der Waals surface area contributed by atoms with Crippen LogP contribution in [0.4, 0.5) is 21.0 Å². The van der Waals surface area contributed by atoms with Gasteiger partial charge in [0.15, 0.2) is 5.13 Å². The Bertz CT molecular complexity index is 1090. The fourth-order valence-electron chi connectivity index (χ4n) is 2.36. The smallest absolute Gasteiger partial charge is 0.244 e. The molecular weight excluding hydrogens is 369 g/mol. The number of nitrogens with one attached hydrogen (secondary N) is 1. The summed E-state index contributed by atoms with van der Waals surface area (Å²) >= 11 is 1.08. The van der Waals surface area contributed by atoms with E-state index in [9.17, 15) is 9.18 Å². The number of hydrogen-bond acceptors (Lipinski definition) is 8. The lowest BCUT2D eigenvalue weighted by molar-refractivity contribution is 0.100. The predicted octanol–water partition coefficient (Wildman–Crippen LogP) is 3.89. The van der Waals surface area contributed by atoms with Gasteiger partial charge in [0.05, 0.1) is 0 Å². The van der Waals surface area contributed by atoms with E-state index in [1.54, 1.807) is 42.7 Å². The molecule has 4 rings (SSSR count). The van der Waals surface area contributed by atoms with Gasteiger partial charge >= 0.3 is 0 Å². The predicted molar refractivity (Wildman–Crippen MR) is 99.4 cm³/mol. The van der Waals surface area contributed by atoms with Gasteiger partial charge in [-0.3, -0.25) is 9.78 Å². The maximum absolute atomic E-state index is 13.0. The van der Waals surface area contributed by atoms with Crippen molar-refractivity contribution in [3.8, 4) is 11.3 Å². The second-order valence-corrected chi connectivity index (χ2v) is 6.51. The molecule has 3 heterocycles. The van der Waals surface area contributed by atoms with Crippen LogP contribution >= 0.6 is 11.3 Å². The van der Waals surface area contributed by atoms with Crippen LogP contribution in [0.3, 0.4) is 0 Å². The molecule has 3 aromatic heterocycles. The van der Waals surface area contributed by atoms with Gasteiger partial charge in [0.25, 0.3) is 0 Å². The van der Waals surface area contributed by atoms with Crippen LogP contribution in [-0.2, 0) is 0 Å². The molecule has 3 N–H and O–H groups in total. The normalized spacial score (nSPS) is 10.7. The zero-order valence-corrected chi connectivity index (χ0v) is 14.5. The number of aromatic nitrogens is 3. The Morgan fingerprint density at radius 1 is 1.15 bits per heavy atom. The van der Waals surface area contributed by atoms with Gasteiger partial charge in [-0.25, -0.2) is 9.37 Å². The van der Waals surface area contributed by atoms with Crippen LogP contribution in [0.5, 0.6) is 0 Å². The number of ketones is 1. The highest BCUT2D eigenvalue weighted by atomic mass is 32.1. The van der Waals surface area contributed by atoms with Gasteiger partial charge in [0, 0.05) is 29.7 Å². The zero-order chi connectivity index (χ0) is 18.8. The average molecular weight is 381 g/mol. The first-order valence-electron chi connectivity index (χ1n) is 7.81. The molecular formula is C18H12FN5O2S. The minimum Gasteiger partial charge on any atom is -0.382 e. The minimum atomic E-state index is -0.412. The SMILES string of the molecule is Nc1nc(Nc2ccc(F)cc2)sc1C(=O)c1cc(-c2ccncc2)no1. The van der Waals surface area contributed by atoms with Crippen molar-refractivity contribution < 1.29 is 13.7 Å². The first-order chi connectivity index (χ1) is 13.1. The number of pyridine rings is 1. The highest BCUT2D eigenvalue weighted by Gasteiger charge is 2.22. The highest BCUT2D eigenvalue weighted by Crippen LogP contribution is 2.30. The van der Waals surface area contributed by atoms with Crippen molar-refractivity contribution in [2.24, 2.45) is 0 Å². The Morgan fingerprint density at radius 3 is 2.63 bits per heavy atom. The van der Waals surface area contributed by atoms with Crippen molar-refractivity contribution >= 4 is 33.8 Å². The number of carbonyl (C=O) groups is 1. The lowest BCUT2D eigenvalue weighted by atomic mass is 10.1. The molecule has 0 saturated heterocycles. The Kier molecular flexibility index (Phi) is 4.35. The average Bonchev–Trinajstić information content (AvgIpc) is 3.31. The molecule has 4 aromatic rings. The van der Waals surface area contributed by atoms with Crippen molar-refractivity contribution in [3.05, 3.63) is 71.3 Å². The maximum atomic E-state index is 13.0. The van der Waals surface area contributed by atoms with E-state index in [2.05, 4.69) is 20.4 Å². The van der Waals surface area contributed by atoms with E-state index in [4.69, 9.17) is 10.3 Å². The lowest BCUT2D eigenvalue weighted by Gasteiger charge is -2.00. The molecule has 1 aromatic carbocycles. The quantitative estimate of drug-likeness (QED) is 0.505. The third kappa shape index (κ3) is 3.53. The van der Waals surface area contributed by atoms with Gasteiger partial charge in [-0.05, 0) is 36.4 Å². The third-order valence-electron chi connectivity index (χ3n) is 3.67. The maximum Gasteiger partial charge on any atom is 0.244 e. The molecule has 0 radical (unpaired) electrons. The molecule has 27 heavy (non-hydrogen) atoms. The summed E-state index contributed by atoms with van der Waals surface area (Å²) in [6.07, 6.45) is 3.25. The van der Waals surface area contributed by atoms with Gasteiger partial charge in [0.2, 0.25) is 11.5 Å². The number of anilines is 3. The number of carbonyl (C=O) groups excluding carboxylic acids is 1. The molecule has 0 atom stereocenters. The molecule has 0 unspecified atom stereocenters. The second-order valence-electron chi connectivity index (χ2n) is 5.51. The first kappa shape index (κ1) is 16.9. The van der Waals surface area contributed by atoms with Crippen LogP contribution in [0.1, 0.15) is 15.4 Å². The van der Waals surface area contributed by atoms with E-state index in [1.807, 2.05) is 0 Å². The Balaban J connectivity index is 1.57. The topological polar surface area (TPSA) is 107 Å². The van der Waals surface area contributed by atoms with Gasteiger partial charge in [-0.15, -0.1) is 0 Å². The summed E-state index contributed by atoms with van der Waals surface area (Å²) in [5.74, 6) is -0.614. The van der Waals surface area contributed by atoms with Gasteiger partial charge in [-0.1, -0.05) is 16.5 Å². The summed E-state index contributed by atoms with van der Waals surface area (Å²) in [6.45, 7) is 0. The molecule has 0 fully saturated rings. The molecule has 0 bridgehead atoms. The van der Waals surface area contributed by atoms with Crippen molar-refractivity contribution in [2.45, 2.75) is 0 Å². The summed E-state index contributed by atoms with van der Waals surface area (Å²) in [5.41, 5.74) is 7.81. The fraction of sp³-hybridized carbons (Fsp3) is 0. The molecule has 0 aliphatic carbocycles. The summed E-state index contributed by atoms with van der Waals surface area (Å²) in [4.78, 5) is 21.0. The van der Waals surface area contributed by atoms with Crippen molar-refractivity contribution in [3.63, 3.8) is 0 Å². The second kappa shape index (κ2) is 6.96. The van der Waals surface area contributed by atoms with Crippen LogP contribution in [0.15, 0.2) is 59.4 Å². The Hall–Kier alpha value is -3.59. The molecule has 0 saturated carbocycles. The van der Waals surface area contributed by atoms with E-state index in [0.29, 0.717) is 16.5 Å². The minimum absolute atomic E-state index is 0.0606. The van der Waals surface area contributed by atoms with Crippen molar-refractivity contribution in [2.75, 3.05) is 11.1 Å². The number of thiazole rings is 1. The van der Waals surface area contributed by atoms with Gasteiger partial charge in [-0.2, -0.15) is 0 Å². The standard InChI is InChI=1S/C18H12FN5O2S/c19-11-1-3-12(4-2-11)22-18-23-17(20)16(27-18)15(25)14-9-13(24-26-14)10-5-7-21-8-6-10/h1-9H,20H2,(H,22,23). The number of halogens is 1. The first-order valence-corrected chi connectivity index (χ1v) is 8.62. The zero-order valence-electron chi connectivity index (χ0n) is 13.7. The number of nitrogens with two attached hydrogens (primary N) is 1. The highest BCUT2D eigenvalue weighted by molar-refractivity contribution is 7.18. The molecule has 134 valence electrons. The van der Waals surface area contributed by atoms with E-state index in [1.165, 1.54) is 12.1 Å². The van der Waals surface area contributed by atoms with E-state index < -0.39 is 5.78 Å². The largest absolute Gasteiger partial charge is 0.382 e. The molecule has 0 amide bonds. The van der Waals surface area contributed by atoms with E-state index in [0.717, 1.165) is 16.9 Å². The van der Waals surface area contributed by atoms with E-state index in [-0.39, 0.29) is 22.3 Å². The number of nitrogen functional groups attached to an aromatic ring is 1. The van der Waals surface area contributed by atoms with Crippen molar-refractivity contribution in [1.29, 1.82) is 0 Å². The fourth-order valence-corrected chi connectivity index (χ4v) is 3.21. The molecule has 0 aliphatic heterocycles. The number of hydrogen-bond donors (Lipinski definition) is 2. The van der Waals surface area contributed by atoms with Crippen LogP contribution in [0.25, 0.3) is 11.3 Å². The van der Waals surface area contributed by atoms with Crippen LogP contribution in [0, 0.1) is 5.82 Å². The summed E-state index contributed by atoms with van der Waals surface area (Å²) in [7, 11) is 0. The Labute approximate surface area is 156 Å². The van der Waals surface area contributed by atoms with Crippen molar-refractivity contribution in [1.82, 2.24) is 15.1 Å². The summed E-state index contributed by atoms with van der Waals surface area (Å²) in [5, 5.41) is 7.31. The third-order valence-corrected chi connectivity index (χ3v) is 4.65. The van der Waals surface area contributed by atoms with Crippen LogP contribution in [-0.4, -0.2) is 20.9 Å². The molecule has 9 heteroatoms. The molecule has 0 aliphatic rings. The van der Waals surface area contributed by atoms with E-state index >= 15 is 0 Å². The summed E-state index contributed by atoms with van der Waals surface area (Å²) < 4.78 is 18.2. The molecule has 0 spiro atoms. The number of nitrogens with zero attached hydrogens (tertiary/aromatic N) is 3. The monoisotopic (exact) mass is 381 g/mol. The lowest BCUT2D eigenvalue weighted by Crippen LogP contribution is -2.01. The van der Waals surface area contributed by atoms with Gasteiger partial charge < -0.3 is 15.6 Å². The van der Waals surface area contributed by atoms with Crippen LogP contribution in [0.2, 0.25) is 0 Å². The number of rotatable bonds is 5. The van der Waals surface area contributed by atoms with Crippen LogP contribution < -0.4 is 11.1 Å².